The lowest BCUT2D eigenvalue weighted by atomic mass is 9.81. The van der Waals surface area contributed by atoms with Crippen LogP contribution in [0.5, 0.6) is 0 Å². The zero-order valence-electron chi connectivity index (χ0n) is 12.9. The first-order chi connectivity index (χ1) is 9.92. The lowest BCUT2D eigenvalue weighted by Crippen LogP contribution is -2.27. The largest absolute Gasteiger partial charge is 0.390 e. The molecule has 1 aromatic heterocycles. The molecule has 2 atom stereocenters. The second-order valence-corrected chi connectivity index (χ2v) is 8.03. The van der Waals surface area contributed by atoms with Crippen molar-refractivity contribution in [2.75, 3.05) is 6.54 Å². The molecule has 1 aliphatic carbocycles. The third-order valence-corrected chi connectivity index (χ3v) is 5.87. The monoisotopic (exact) mass is 314 g/mol. The summed E-state index contributed by atoms with van der Waals surface area (Å²) < 4.78 is 28.7. The molecule has 0 aliphatic heterocycles. The summed E-state index contributed by atoms with van der Waals surface area (Å²) in [6, 6.07) is 1.52. The van der Waals surface area contributed by atoms with Crippen molar-refractivity contribution in [2.24, 2.45) is 18.9 Å². The van der Waals surface area contributed by atoms with E-state index in [9.17, 15) is 8.42 Å². The van der Waals surface area contributed by atoms with E-state index in [0.717, 1.165) is 12.3 Å². The minimum atomic E-state index is -3.47. The van der Waals surface area contributed by atoms with Gasteiger partial charge in [0.2, 0.25) is 10.0 Å². The Morgan fingerprint density at radius 2 is 2.19 bits per heavy atom. The van der Waals surface area contributed by atoms with Gasteiger partial charge in [-0.1, -0.05) is 26.2 Å². The lowest BCUT2D eigenvalue weighted by Gasteiger charge is -2.26. The van der Waals surface area contributed by atoms with Gasteiger partial charge in [0.05, 0.1) is 11.5 Å². The van der Waals surface area contributed by atoms with Gasteiger partial charge in [-0.3, -0.25) is 0 Å². The van der Waals surface area contributed by atoms with Gasteiger partial charge in [-0.25, -0.2) is 13.1 Å². The first kappa shape index (κ1) is 16.5. The molecule has 120 valence electrons. The molecule has 0 radical (unpaired) electrons. The van der Waals surface area contributed by atoms with E-state index in [0.29, 0.717) is 18.2 Å². The van der Waals surface area contributed by atoms with Gasteiger partial charge in [0.15, 0.2) is 0 Å². The van der Waals surface area contributed by atoms with Crippen LogP contribution in [-0.2, 0) is 23.7 Å². The average Bonchev–Trinajstić information content (AvgIpc) is 2.81. The minimum Gasteiger partial charge on any atom is -0.390 e. The summed E-state index contributed by atoms with van der Waals surface area (Å²) in [5, 5.41) is 9.13. The highest BCUT2D eigenvalue weighted by Gasteiger charge is 2.21. The molecule has 21 heavy (non-hydrogen) atoms. The van der Waals surface area contributed by atoms with Crippen LogP contribution in [0.3, 0.4) is 0 Å². The second-order valence-electron chi connectivity index (χ2n) is 6.26. The summed E-state index contributed by atoms with van der Waals surface area (Å²) in [7, 11) is -1.74. The Hall–Kier alpha value is -0.850. The number of nitrogens with zero attached hydrogens (tertiary/aromatic N) is 1. The zero-order valence-corrected chi connectivity index (χ0v) is 13.7. The maximum absolute atomic E-state index is 12.2. The van der Waals surface area contributed by atoms with Gasteiger partial charge in [0.25, 0.3) is 0 Å². The predicted octanol–water partition coefficient (Wildman–Crippen LogP) is 2.01. The molecule has 0 aromatic carbocycles. The van der Waals surface area contributed by atoms with Gasteiger partial charge in [-0.2, -0.15) is 0 Å². The van der Waals surface area contributed by atoms with Crippen molar-refractivity contribution in [1.82, 2.24) is 9.29 Å². The van der Waals surface area contributed by atoms with Gasteiger partial charge in [-0.15, -0.1) is 0 Å². The summed E-state index contributed by atoms with van der Waals surface area (Å²) in [4.78, 5) is 0.228. The molecule has 1 fully saturated rings. The fourth-order valence-electron chi connectivity index (χ4n) is 3.18. The molecule has 1 saturated carbocycles. The number of rotatable bonds is 6. The van der Waals surface area contributed by atoms with E-state index >= 15 is 0 Å². The predicted molar refractivity (Wildman–Crippen MR) is 82.3 cm³/mol. The summed E-state index contributed by atoms with van der Waals surface area (Å²) in [6.45, 7) is 2.60. The van der Waals surface area contributed by atoms with Crippen LogP contribution >= 0.6 is 0 Å². The standard InChI is InChI=1S/C15H26N2O3S/c1-12-4-3-5-13(8-12)6-7-16-21(19,20)15-9-14(11-18)17(2)10-15/h9-10,12-13,16,18H,3-8,11H2,1-2H3. The van der Waals surface area contributed by atoms with Crippen LogP contribution in [0.25, 0.3) is 0 Å². The number of sulfonamides is 1. The molecule has 0 bridgehead atoms. The van der Waals surface area contributed by atoms with Crippen molar-refractivity contribution in [3.63, 3.8) is 0 Å². The molecule has 5 nitrogen and oxygen atoms in total. The van der Waals surface area contributed by atoms with E-state index in [4.69, 9.17) is 5.11 Å². The Bertz CT molecular complexity index is 565. The second kappa shape index (κ2) is 6.94. The highest BCUT2D eigenvalue weighted by atomic mass is 32.2. The average molecular weight is 314 g/mol. The topological polar surface area (TPSA) is 71.3 Å². The number of aliphatic hydroxyl groups excluding tert-OH is 1. The number of aromatic nitrogens is 1. The van der Waals surface area contributed by atoms with E-state index in [1.165, 1.54) is 37.9 Å². The number of hydrogen-bond donors (Lipinski definition) is 2. The van der Waals surface area contributed by atoms with Crippen molar-refractivity contribution in [1.29, 1.82) is 0 Å². The third-order valence-electron chi connectivity index (χ3n) is 4.44. The van der Waals surface area contributed by atoms with Gasteiger partial charge in [0, 0.05) is 25.5 Å². The Morgan fingerprint density at radius 1 is 1.43 bits per heavy atom. The van der Waals surface area contributed by atoms with Gasteiger partial charge < -0.3 is 9.67 Å². The molecule has 1 aliphatic rings. The van der Waals surface area contributed by atoms with Crippen molar-refractivity contribution >= 4 is 10.0 Å². The highest BCUT2D eigenvalue weighted by molar-refractivity contribution is 7.89. The fraction of sp³-hybridized carbons (Fsp3) is 0.733. The van der Waals surface area contributed by atoms with Crippen LogP contribution in [0.1, 0.15) is 44.7 Å². The fourth-order valence-corrected chi connectivity index (χ4v) is 4.33. The van der Waals surface area contributed by atoms with Crippen LogP contribution in [0, 0.1) is 11.8 Å². The Kier molecular flexibility index (Phi) is 5.46. The number of aliphatic hydroxyl groups is 1. The summed E-state index contributed by atoms with van der Waals surface area (Å²) in [5.41, 5.74) is 0.594. The molecule has 0 saturated heterocycles. The molecule has 2 unspecified atom stereocenters. The van der Waals surface area contributed by atoms with Crippen LogP contribution in [-0.4, -0.2) is 24.6 Å². The number of hydrogen-bond acceptors (Lipinski definition) is 3. The van der Waals surface area contributed by atoms with E-state index in [1.807, 2.05) is 0 Å². The van der Waals surface area contributed by atoms with Gasteiger partial charge in [0.1, 0.15) is 0 Å². The van der Waals surface area contributed by atoms with E-state index in [2.05, 4.69) is 11.6 Å². The van der Waals surface area contributed by atoms with Gasteiger partial charge in [-0.05, 0) is 30.7 Å². The minimum absolute atomic E-state index is 0.161. The van der Waals surface area contributed by atoms with Crippen molar-refractivity contribution in [2.45, 2.75) is 50.5 Å². The van der Waals surface area contributed by atoms with Crippen LogP contribution in [0.2, 0.25) is 0 Å². The molecular formula is C15H26N2O3S. The molecule has 6 heteroatoms. The molecule has 1 heterocycles. The number of nitrogens with one attached hydrogen (secondary N) is 1. The maximum Gasteiger partial charge on any atom is 0.242 e. The Balaban J connectivity index is 1.89. The number of aryl methyl sites for hydroxylation is 1. The normalized spacial score (nSPS) is 23.4. The molecule has 2 N–H and O–H groups in total. The highest BCUT2D eigenvalue weighted by Crippen LogP contribution is 2.30. The van der Waals surface area contributed by atoms with Crippen molar-refractivity contribution in [3.05, 3.63) is 18.0 Å². The van der Waals surface area contributed by atoms with Gasteiger partial charge >= 0.3 is 0 Å². The van der Waals surface area contributed by atoms with E-state index in [1.54, 1.807) is 11.6 Å². The SMILES string of the molecule is CC1CCCC(CCNS(=O)(=O)c2cc(CO)n(C)c2)C1. The van der Waals surface area contributed by atoms with Crippen molar-refractivity contribution < 1.29 is 13.5 Å². The molecular weight excluding hydrogens is 288 g/mol. The first-order valence-electron chi connectivity index (χ1n) is 7.68. The molecule has 0 amide bonds. The smallest absolute Gasteiger partial charge is 0.242 e. The first-order valence-corrected chi connectivity index (χ1v) is 9.16. The Labute approximate surface area is 127 Å². The molecule has 1 aromatic rings. The lowest BCUT2D eigenvalue weighted by molar-refractivity contribution is 0.271. The molecule has 2 rings (SSSR count). The van der Waals surface area contributed by atoms with E-state index in [-0.39, 0.29) is 11.5 Å². The van der Waals surface area contributed by atoms with Crippen molar-refractivity contribution in [3.8, 4) is 0 Å². The summed E-state index contributed by atoms with van der Waals surface area (Å²) >= 11 is 0. The van der Waals surface area contributed by atoms with Crippen LogP contribution in [0.4, 0.5) is 0 Å². The third kappa shape index (κ3) is 4.31. The van der Waals surface area contributed by atoms with E-state index < -0.39 is 10.0 Å². The molecule has 0 spiro atoms. The van der Waals surface area contributed by atoms with Crippen LogP contribution in [0.15, 0.2) is 17.2 Å². The maximum atomic E-state index is 12.2. The van der Waals surface area contributed by atoms with Crippen LogP contribution < -0.4 is 4.72 Å². The Morgan fingerprint density at radius 3 is 2.81 bits per heavy atom. The summed E-state index contributed by atoms with van der Waals surface area (Å²) in [6.07, 6.45) is 7.43. The quantitative estimate of drug-likeness (QED) is 0.844. The summed E-state index contributed by atoms with van der Waals surface area (Å²) in [5.74, 6) is 1.40. The zero-order chi connectivity index (χ0) is 15.5.